The van der Waals surface area contributed by atoms with Crippen molar-refractivity contribution in [3.8, 4) is 17.0 Å². The number of aromatic nitrogens is 1. The molecule has 0 spiro atoms. The van der Waals surface area contributed by atoms with Gasteiger partial charge in [0.05, 0.1) is 11.6 Å². The van der Waals surface area contributed by atoms with Crippen LogP contribution in [-0.2, 0) is 11.2 Å². The fourth-order valence-electron chi connectivity index (χ4n) is 2.57. The summed E-state index contributed by atoms with van der Waals surface area (Å²) in [5, 5.41) is 2.91. The number of methoxy groups -OCH3 is 1. The average molecular weight is 415 g/mol. The maximum atomic E-state index is 12.2. The fourth-order valence-corrected chi connectivity index (χ4v) is 3.16. The maximum Gasteiger partial charge on any atom is 0.224 e. The van der Waals surface area contributed by atoms with Crippen molar-refractivity contribution in [2.45, 2.75) is 19.8 Å². The highest BCUT2D eigenvalue weighted by molar-refractivity contribution is 9.10. The molecule has 3 rings (SSSR count). The number of oxazole rings is 1. The van der Waals surface area contributed by atoms with Crippen molar-refractivity contribution in [1.29, 1.82) is 0 Å². The largest absolute Gasteiger partial charge is 0.496 e. The summed E-state index contributed by atoms with van der Waals surface area (Å²) < 4.78 is 11.3. The van der Waals surface area contributed by atoms with E-state index in [1.807, 2.05) is 42.5 Å². The Hall–Kier alpha value is -2.60. The summed E-state index contributed by atoms with van der Waals surface area (Å²) >= 11 is 3.46. The smallest absolute Gasteiger partial charge is 0.224 e. The Morgan fingerprint density at radius 2 is 2.00 bits per heavy atom. The molecule has 6 heteroatoms. The van der Waals surface area contributed by atoms with Crippen LogP contribution in [0.2, 0.25) is 0 Å². The van der Waals surface area contributed by atoms with Crippen LogP contribution in [0.1, 0.15) is 17.9 Å². The van der Waals surface area contributed by atoms with E-state index in [4.69, 9.17) is 9.15 Å². The zero-order valence-electron chi connectivity index (χ0n) is 14.6. The lowest BCUT2D eigenvalue weighted by Crippen LogP contribution is -2.12. The Morgan fingerprint density at radius 1 is 1.23 bits per heavy atom. The minimum absolute atomic E-state index is 0.0260. The number of carbonyl (C=O) groups is 1. The molecule has 3 aromatic rings. The highest BCUT2D eigenvalue weighted by Crippen LogP contribution is 2.26. The van der Waals surface area contributed by atoms with Gasteiger partial charge in [-0.25, -0.2) is 4.98 Å². The number of carbonyl (C=O) groups excluding carboxylic acids is 1. The Bertz CT molecular complexity index is 904. The Labute approximate surface area is 160 Å². The van der Waals surface area contributed by atoms with Gasteiger partial charge < -0.3 is 14.5 Å². The zero-order valence-corrected chi connectivity index (χ0v) is 16.2. The van der Waals surface area contributed by atoms with E-state index in [0.717, 1.165) is 32.7 Å². The topological polar surface area (TPSA) is 64.4 Å². The molecule has 1 amide bonds. The van der Waals surface area contributed by atoms with Crippen molar-refractivity contribution in [2.75, 3.05) is 12.4 Å². The Kier molecular flexibility index (Phi) is 5.73. The van der Waals surface area contributed by atoms with Crippen molar-refractivity contribution in [2.24, 2.45) is 0 Å². The van der Waals surface area contributed by atoms with Gasteiger partial charge in [0.25, 0.3) is 0 Å². The molecule has 0 aliphatic carbocycles. The molecule has 1 N–H and O–H groups in total. The van der Waals surface area contributed by atoms with Gasteiger partial charge in [-0.05, 0) is 52.2 Å². The van der Waals surface area contributed by atoms with Crippen LogP contribution >= 0.6 is 15.9 Å². The highest BCUT2D eigenvalue weighted by atomic mass is 79.9. The molecule has 0 atom stereocenters. The first-order chi connectivity index (χ1) is 12.5. The molecule has 0 saturated heterocycles. The van der Waals surface area contributed by atoms with Gasteiger partial charge in [0, 0.05) is 24.6 Å². The number of hydrogen-bond donors (Lipinski definition) is 1. The molecular weight excluding hydrogens is 396 g/mol. The second kappa shape index (κ2) is 8.19. The van der Waals surface area contributed by atoms with E-state index in [0.29, 0.717) is 18.7 Å². The SMILES string of the molecule is COc1ccc(CCC(=O)Nc2ccc(-c3coc(C)n3)cc2)cc1Br. The molecular formula is C20H19BrN2O3. The van der Waals surface area contributed by atoms with Gasteiger partial charge in [-0.1, -0.05) is 18.2 Å². The summed E-state index contributed by atoms with van der Waals surface area (Å²) in [4.78, 5) is 16.5. The molecule has 0 fully saturated rings. The number of anilines is 1. The van der Waals surface area contributed by atoms with Crippen LogP contribution in [0.3, 0.4) is 0 Å². The zero-order chi connectivity index (χ0) is 18.5. The number of aryl methyl sites for hydroxylation is 2. The molecule has 1 heterocycles. The molecule has 0 aliphatic rings. The second-order valence-corrected chi connectivity index (χ2v) is 6.70. The van der Waals surface area contributed by atoms with Crippen molar-refractivity contribution in [3.63, 3.8) is 0 Å². The third-order valence-electron chi connectivity index (χ3n) is 3.94. The van der Waals surface area contributed by atoms with E-state index in [1.54, 1.807) is 20.3 Å². The van der Waals surface area contributed by atoms with Crippen LogP contribution in [0.4, 0.5) is 5.69 Å². The predicted octanol–water partition coefficient (Wildman–Crippen LogP) is 4.99. The number of benzene rings is 2. The molecule has 2 aromatic carbocycles. The molecule has 5 nitrogen and oxygen atoms in total. The summed E-state index contributed by atoms with van der Waals surface area (Å²) in [5.41, 5.74) is 3.56. The van der Waals surface area contributed by atoms with Gasteiger partial charge in [-0.2, -0.15) is 0 Å². The fraction of sp³-hybridized carbons (Fsp3) is 0.200. The normalized spacial score (nSPS) is 10.6. The van der Waals surface area contributed by atoms with E-state index in [2.05, 4.69) is 26.2 Å². The molecule has 0 saturated carbocycles. The lowest BCUT2D eigenvalue weighted by Gasteiger charge is -2.08. The minimum atomic E-state index is -0.0260. The number of halogens is 1. The van der Waals surface area contributed by atoms with Crippen LogP contribution in [0.25, 0.3) is 11.3 Å². The lowest BCUT2D eigenvalue weighted by atomic mass is 10.1. The monoisotopic (exact) mass is 414 g/mol. The average Bonchev–Trinajstić information content (AvgIpc) is 3.07. The van der Waals surface area contributed by atoms with Crippen LogP contribution in [0.15, 0.2) is 57.6 Å². The molecule has 1 aromatic heterocycles. The first-order valence-electron chi connectivity index (χ1n) is 8.20. The number of ether oxygens (including phenoxy) is 1. The molecule has 0 aliphatic heterocycles. The third kappa shape index (κ3) is 4.52. The number of hydrogen-bond acceptors (Lipinski definition) is 4. The van der Waals surface area contributed by atoms with Gasteiger partial charge in [0.1, 0.15) is 17.7 Å². The van der Waals surface area contributed by atoms with Gasteiger partial charge in [-0.3, -0.25) is 4.79 Å². The van der Waals surface area contributed by atoms with Crippen LogP contribution in [-0.4, -0.2) is 18.0 Å². The standard InChI is InChI=1S/C20H19BrN2O3/c1-13-22-18(12-26-13)15-5-7-16(8-6-15)23-20(24)10-4-14-3-9-19(25-2)17(21)11-14/h3,5-9,11-12H,4,10H2,1-2H3,(H,23,24). The summed E-state index contributed by atoms with van der Waals surface area (Å²) in [6, 6.07) is 13.4. The molecule has 134 valence electrons. The molecule has 0 radical (unpaired) electrons. The van der Waals surface area contributed by atoms with Crippen molar-refractivity contribution in [3.05, 3.63) is 64.7 Å². The summed E-state index contributed by atoms with van der Waals surface area (Å²) in [6.45, 7) is 1.81. The lowest BCUT2D eigenvalue weighted by molar-refractivity contribution is -0.116. The molecule has 0 unspecified atom stereocenters. The second-order valence-electron chi connectivity index (χ2n) is 5.85. The molecule has 0 bridgehead atoms. The Morgan fingerprint density at radius 3 is 2.62 bits per heavy atom. The van der Waals surface area contributed by atoms with Crippen LogP contribution < -0.4 is 10.1 Å². The summed E-state index contributed by atoms with van der Waals surface area (Å²) in [7, 11) is 1.63. The Balaban J connectivity index is 1.55. The third-order valence-corrected chi connectivity index (χ3v) is 4.56. The van der Waals surface area contributed by atoms with Crippen molar-refractivity contribution < 1.29 is 13.9 Å². The van der Waals surface area contributed by atoms with Crippen molar-refractivity contribution in [1.82, 2.24) is 4.98 Å². The number of rotatable bonds is 6. The predicted molar refractivity (Wildman–Crippen MR) is 104 cm³/mol. The molecule has 26 heavy (non-hydrogen) atoms. The first-order valence-corrected chi connectivity index (χ1v) is 8.99. The number of amides is 1. The quantitative estimate of drug-likeness (QED) is 0.616. The number of nitrogens with zero attached hydrogens (tertiary/aromatic N) is 1. The summed E-state index contributed by atoms with van der Waals surface area (Å²) in [5.74, 6) is 1.38. The van der Waals surface area contributed by atoms with Gasteiger partial charge >= 0.3 is 0 Å². The minimum Gasteiger partial charge on any atom is -0.496 e. The van der Waals surface area contributed by atoms with Crippen LogP contribution in [0, 0.1) is 6.92 Å². The van der Waals surface area contributed by atoms with Crippen LogP contribution in [0.5, 0.6) is 5.75 Å². The van der Waals surface area contributed by atoms with E-state index < -0.39 is 0 Å². The number of nitrogens with one attached hydrogen (secondary N) is 1. The first kappa shape index (κ1) is 18.2. The highest BCUT2D eigenvalue weighted by Gasteiger charge is 2.07. The van der Waals surface area contributed by atoms with E-state index >= 15 is 0 Å². The van der Waals surface area contributed by atoms with Gasteiger partial charge in [0.2, 0.25) is 5.91 Å². The summed E-state index contributed by atoms with van der Waals surface area (Å²) in [6.07, 6.45) is 2.68. The van der Waals surface area contributed by atoms with Gasteiger partial charge in [-0.15, -0.1) is 0 Å². The van der Waals surface area contributed by atoms with E-state index in [-0.39, 0.29) is 5.91 Å². The van der Waals surface area contributed by atoms with Crippen molar-refractivity contribution >= 4 is 27.5 Å². The van der Waals surface area contributed by atoms with E-state index in [1.165, 1.54) is 0 Å². The van der Waals surface area contributed by atoms with E-state index in [9.17, 15) is 4.79 Å². The van der Waals surface area contributed by atoms with Gasteiger partial charge in [0.15, 0.2) is 5.89 Å². The maximum absolute atomic E-state index is 12.2.